The third-order valence-corrected chi connectivity index (χ3v) is 1.28. The average Bonchev–Trinajstić information content (AvgIpc) is 2.50. The van der Waals surface area contributed by atoms with Gasteiger partial charge in [-0.25, -0.2) is 0 Å². The Kier molecular flexibility index (Phi) is 1.56. The monoisotopic (exact) mass is 112 g/mol. The molecule has 0 amide bonds. The van der Waals surface area contributed by atoms with Crippen LogP contribution >= 0.6 is 0 Å². The lowest BCUT2D eigenvalue weighted by Crippen LogP contribution is -1.88. The van der Waals surface area contributed by atoms with E-state index in [0.717, 1.165) is 5.76 Å². The van der Waals surface area contributed by atoms with E-state index in [4.69, 9.17) is 4.74 Å². The van der Waals surface area contributed by atoms with Crippen LogP contribution in [0.5, 0.6) is 0 Å². The summed E-state index contributed by atoms with van der Waals surface area (Å²) in [6.45, 7) is 4.00. The largest absolute Gasteiger partial charge is 0.495 e. The van der Waals surface area contributed by atoms with E-state index in [1.807, 2.05) is 19.9 Å². The minimum Gasteiger partial charge on any atom is -0.495 e. The Bertz CT molecular complexity index is 101. The first kappa shape index (κ1) is 5.67. The lowest BCUT2D eigenvalue weighted by molar-refractivity contribution is 0.198. The molecule has 0 saturated heterocycles. The molecule has 1 aliphatic rings. The van der Waals surface area contributed by atoms with E-state index in [-0.39, 0.29) is 0 Å². The van der Waals surface area contributed by atoms with Crippen molar-refractivity contribution >= 4 is 0 Å². The van der Waals surface area contributed by atoms with Crippen LogP contribution in [-0.2, 0) is 4.74 Å². The molecule has 0 heterocycles. The average molecular weight is 112 g/mol. The summed E-state index contributed by atoms with van der Waals surface area (Å²) >= 11 is 0. The van der Waals surface area contributed by atoms with Crippen LogP contribution in [0.4, 0.5) is 0 Å². The third kappa shape index (κ3) is 1.57. The minimum absolute atomic E-state index is 0.561. The summed E-state index contributed by atoms with van der Waals surface area (Å²) in [6.07, 6.45) is 5.07. The molecule has 1 aliphatic carbocycles. The molecule has 1 fully saturated rings. The molecule has 0 unspecified atom stereocenters. The Morgan fingerprint density at radius 2 is 2.25 bits per heavy atom. The molecule has 0 N–H and O–H groups in total. The molecule has 0 radical (unpaired) electrons. The lowest BCUT2D eigenvalue weighted by Gasteiger charge is -2.00. The smallest absolute Gasteiger partial charge is 0.0984 e. The van der Waals surface area contributed by atoms with E-state index in [2.05, 4.69) is 0 Å². The summed E-state index contributed by atoms with van der Waals surface area (Å²) in [4.78, 5) is 0. The molecule has 8 heavy (non-hydrogen) atoms. The van der Waals surface area contributed by atoms with Crippen LogP contribution in [0.1, 0.15) is 26.7 Å². The van der Waals surface area contributed by atoms with Crippen LogP contribution in [0, 0.1) is 0 Å². The molecular weight excluding hydrogens is 100 g/mol. The summed E-state index contributed by atoms with van der Waals surface area (Å²) in [5.41, 5.74) is 0. The fourth-order valence-corrected chi connectivity index (χ4v) is 0.517. The van der Waals surface area contributed by atoms with Crippen molar-refractivity contribution in [3.8, 4) is 0 Å². The minimum atomic E-state index is 0.561. The van der Waals surface area contributed by atoms with Gasteiger partial charge in [0.15, 0.2) is 0 Å². The van der Waals surface area contributed by atoms with Gasteiger partial charge in [0, 0.05) is 0 Å². The maximum absolute atomic E-state index is 5.37. The molecule has 0 atom stereocenters. The van der Waals surface area contributed by atoms with E-state index >= 15 is 0 Å². The Morgan fingerprint density at radius 3 is 2.62 bits per heavy atom. The van der Waals surface area contributed by atoms with Crippen molar-refractivity contribution in [3.63, 3.8) is 0 Å². The van der Waals surface area contributed by atoms with Crippen molar-refractivity contribution in [1.82, 2.24) is 0 Å². The van der Waals surface area contributed by atoms with Gasteiger partial charge in [-0.3, -0.25) is 0 Å². The lowest BCUT2D eigenvalue weighted by atomic mass is 10.5. The van der Waals surface area contributed by atoms with Gasteiger partial charge in [0.2, 0.25) is 0 Å². The van der Waals surface area contributed by atoms with Gasteiger partial charge < -0.3 is 4.74 Å². The van der Waals surface area contributed by atoms with E-state index in [0.29, 0.717) is 6.10 Å². The Balaban J connectivity index is 2.16. The van der Waals surface area contributed by atoms with Crippen molar-refractivity contribution < 1.29 is 4.74 Å². The van der Waals surface area contributed by atoms with Crippen LogP contribution in [0.2, 0.25) is 0 Å². The van der Waals surface area contributed by atoms with Crippen LogP contribution < -0.4 is 0 Å². The van der Waals surface area contributed by atoms with E-state index < -0.39 is 0 Å². The quantitative estimate of drug-likeness (QED) is 0.497. The summed E-state index contributed by atoms with van der Waals surface area (Å²) in [5, 5.41) is 0. The highest BCUT2D eigenvalue weighted by molar-refractivity contribution is 4.89. The highest BCUT2D eigenvalue weighted by Crippen LogP contribution is 2.25. The maximum atomic E-state index is 5.37. The maximum Gasteiger partial charge on any atom is 0.0984 e. The van der Waals surface area contributed by atoms with Crippen LogP contribution in [0.3, 0.4) is 0 Å². The van der Waals surface area contributed by atoms with Gasteiger partial charge in [-0.05, 0) is 32.8 Å². The van der Waals surface area contributed by atoms with Crippen LogP contribution in [-0.4, -0.2) is 6.10 Å². The van der Waals surface area contributed by atoms with Crippen molar-refractivity contribution in [3.05, 3.63) is 11.8 Å². The predicted molar refractivity (Wildman–Crippen MR) is 33.5 cm³/mol. The molecule has 46 valence electrons. The molecule has 0 aromatic heterocycles. The molecule has 0 bridgehead atoms. The van der Waals surface area contributed by atoms with Gasteiger partial charge in [0.1, 0.15) is 0 Å². The number of ether oxygens (including phenoxy) is 1. The van der Waals surface area contributed by atoms with Crippen molar-refractivity contribution in [2.24, 2.45) is 0 Å². The zero-order chi connectivity index (χ0) is 5.98. The molecule has 0 aromatic carbocycles. The first-order valence-electron chi connectivity index (χ1n) is 3.12. The van der Waals surface area contributed by atoms with Crippen molar-refractivity contribution in [2.75, 3.05) is 0 Å². The van der Waals surface area contributed by atoms with Gasteiger partial charge in [0.05, 0.1) is 11.9 Å². The van der Waals surface area contributed by atoms with Crippen LogP contribution in [0.15, 0.2) is 11.8 Å². The number of hydrogen-bond acceptors (Lipinski definition) is 1. The van der Waals surface area contributed by atoms with Crippen molar-refractivity contribution in [2.45, 2.75) is 32.8 Å². The van der Waals surface area contributed by atoms with E-state index in [1.54, 1.807) is 0 Å². The molecule has 0 aromatic rings. The van der Waals surface area contributed by atoms with Gasteiger partial charge >= 0.3 is 0 Å². The fraction of sp³-hybridized carbons (Fsp3) is 0.714. The highest BCUT2D eigenvalue weighted by atomic mass is 16.5. The molecule has 1 nitrogen and oxygen atoms in total. The number of allylic oxidation sites excluding steroid dienone is 2. The predicted octanol–water partition coefficient (Wildman–Crippen LogP) is 2.09. The zero-order valence-corrected chi connectivity index (χ0v) is 5.48. The summed E-state index contributed by atoms with van der Waals surface area (Å²) in [6, 6.07) is 0. The topological polar surface area (TPSA) is 9.23 Å². The van der Waals surface area contributed by atoms with E-state index in [1.165, 1.54) is 12.8 Å². The Hall–Kier alpha value is -0.460. The van der Waals surface area contributed by atoms with Crippen LogP contribution in [0.25, 0.3) is 0 Å². The molecule has 1 heteroatoms. The normalized spacial score (nSPS) is 21.0. The standard InChI is InChI=1S/C7H12O/c1-3-6(2)8-7-4-5-7/h3,7H,4-5H2,1-2H3. The second-order valence-electron chi connectivity index (χ2n) is 2.22. The first-order chi connectivity index (χ1) is 3.83. The molecule has 1 saturated carbocycles. The number of rotatable bonds is 2. The molecule has 0 aliphatic heterocycles. The second kappa shape index (κ2) is 2.21. The van der Waals surface area contributed by atoms with E-state index in [9.17, 15) is 0 Å². The summed E-state index contributed by atoms with van der Waals surface area (Å²) in [5.74, 6) is 1.06. The SMILES string of the molecule is CC=C(C)OC1CC1. The summed E-state index contributed by atoms with van der Waals surface area (Å²) in [7, 11) is 0. The van der Waals surface area contributed by atoms with Gasteiger partial charge in [-0.1, -0.05) is 0 Å². The van der Waals surface area contributed by atoms with Gasteiger partial charge in [-0.15, -0.1) is 0 Å². The van der Waals surface area contributed by atoms with Gasteiger partial charge in [0.25, 0.3) is 0 Å². The third-order valence-electron chi connectivity index (χ3n) is 1.28. The zero-order valence-electron chi connectivity index (χ0n) is 5.48. The number of hydrogen-bond donors (Lipinski definition) is 0. The highest BCUT2D eigenvalue weighted by Gasteiger charge is 2.22. The van der Waals surface area contributed by atoms with Crippen molar-refractivity contribution in [1.29, 1.82) is 0 Å². The van der Waals surface area contributed by atoms with Gasteiger partial charge in [-0.2, -0.15) is 0 Å². The Labute approximate surface area is 50.3 Å². The fourth-order valence-electron chi connectivity index (χ4n) is 0.517. The first-order valence-corrected chi connectivity index (χ1v) is 3.12. The molecule has 0 spiro atoms. The summed E-state index contributed by atoms with van der Waals surface area (Å²) < 4.78 is 5.37. The second-order valence-corrected chi connectivity index (χ2v) is 2.22. The molecule has 1 rings (SSSR count). The Morgan fingerprint density at radius 1 is 1.62 bits per heavy atom. The molecular formula is C7H12O.